The molecule has 31 heavy (non-hydrogen) atoms. The minimum Gasteiger partial charge on any atom is -0.478 e. The number of piperidine rings is 1. The van der Waals surface area contributed by atoms with Gasteiger partial charge in [0.25, 0.3) is 11.8 Å². The molecule has 162 valence electrons. The topological polar surface area (TPSA) is 118 Å². The third-order valence-corrected chi connectivity index (χ3v) is 5.78. The van der Waals surface area contributed by atoms with Crippen LogP contribution in [0.3, 0.4) is 0 Å². The third kappa shape index (κ3) is 4.05. The molecule has 0 unspecified atom stereocenters. The number of nitrogens with one attached hydrogen (secondary N) is 2. The molecule has 10 nitrogen and oxygen atoms in total. The summed E-state index contributed by atoms with van der Waals surface area (Å²) in [5.41, 5.74) is 1.71. The number of ether oxygens (including phenoxy) is 1. The Kier molecular flexibility index (Phi) is 5.19. The summed E-state index contributed by atoms with van der Waals surface area (Å²) in [4.78, 5) is 27.0. The van der Waals surface area contributed by atoms with Gasteiger partial charge in [0.15, 0.2) is 5.69 Å². The van der Waals surface area contributed by atoms with E-state index in [1.165, 1.54) is 0 Å². The maximum Gasteiger partial charge on any atom is 0.274 e. The predicted molar refractivity (Wildman–Crippen MR) is 109 cm³/mol. The van der Waals surface area contributed by atoms with E-state index in [4.69, 9.17) is 9.15 Å². The van der Waals surface area contributed by atoms with Crippen molar-refractivity contribution in [1.82, 2.24) is 30.2 Å². The van der Waals surface area contributed by atoms with E-state index in [0.717, 1.165) is 31.5 Å². The molecular formula is C21H24N6O4. The molecule has 0 saturated carbocycles. The van der Waals surface area contributed by atoms with Crippen LogP contribution in [0.2, 0.25) is 0 Å². The largest absolute Gasteiger partial charge is 0.478 e. The highest BCUT2D eigenvalue weighted by Gasteiger charge is 2.28. The summed E-state index contributed by atoms with van der Waals surface area (Å²) in [6.07, 6.45) is 4.07. The van der Waals surface area contributed by atoms with Crippen LogP contribution in [0.5, 0.6) is 5.88 Å². The third-order valence-electron chi connectivity index (χ3n) is 5.78. The molecule has 2 aliphatic heterocycles. The maximum atomic E-state index is 12.8. The molecule has 5 heterocycles. The molecule has 5 rings (SSSR count). The minimum absolute atomic E-state index is 0.0634. The van der Waals surface area contributed by atoms with Gasteiger partial charge in [0.2, 0.25) is 5.88 Å². The lowest BCUT2D eigenvalue weighted by Crippen LogP contribution is -2.38. The Morgan fingerprint density at radius 2 is 2.06 bits per heavy atom. The van der Waals surface area contributed by atoms with Gasteiger partial charge in [-0.3, -0.25) is 14.7 Å². The summed E-state index contributed by atoms with van der Waals surface area (Å²) in [7, 11) is 0. The number of H-pyrrole nitrogens is 1. The quantitative estimate of drug-likeness (QED) is 0.646. The zero-order chi connectivity index (χ0) is 21.2. The van der Waals surface area contributed by atoms with Crippen LogP contribution < -0.4 is 10.1 Å². The Morgan fingerprint density at radius 3 is 2.84 bits per heavy atom. The number of carbonyl (C=O) groups is 2. The van der Waals surface area contributed by atoms with E-state index in [1.54, 1.807) is 35.2 Å². The van der Waals surface area contributed by atoms with Crippen molar-refractivity contribution in [3.63, 3.8) is 0 Å². The van der Waals surface area contributed by atoms with Crippen molar-refractivity contribution in [3.8, 4) is 5.88 Å². The van der Waals surface area contributed by atoms with Gasteiger partial charge in [0, 0.05) is 43.7 Å². The lowest BCUT2D eigenvalue weighted by Gasteiger charge is -2.31. The number of aromatic amines is 1. The zero-order valence-corrected chi connectivity index (χ0v) is 17.0. The van der Waals surface area contributed by atoms with E-state index in [0.29, 0.717) is 49.3 Å². The Hall–Kier alpha value is -3.56. The van der Waals surface area contributed by atoms with Crippen LogP contribution in [0, 0.1) is 0 Å². The fraction of sp³-hybridized carbons (Fsp3) is 0.429. The van der Waals surface area contributed by atoms with Crippen molar-refractivity contribution < 1.29 is 18.7 Å². The summed E-state index contributed by atoms with van der Waals surface area (Å²) >= 11 is 0. The molecular weight excluding hydrogens is 400 g/mol. The number of furan rings is 1. The summed E-state index contributed by atoms with van der Waals surface area (Å²) in [6.45, 7) is 3.02. The van der Waals surface area contributed by atoms with Crippen LogP contribution in [0.15, 0.2) is 34.9 Å². The zero-order valence-electron chi connectivity index (χ0n) is 17.0. The van der Waals surface area contributed by atoms with Gasteiger partial charge >= 0.3 is 0 Å². The van der Waals surface area contributed by atoms with E-state index in [-0.39, 0.29) is 17.7 Å². The number of hydrogen-bond donors (Lipinski definition) is 2. The first-order chi connectivity index (χ1) is 15.2. The smallest absolute Gasteiger partial charge is 0.274 e. The highest BCUT2D eigenvalue weighted by Crippen LogP contribution is 2.28. The molecule has 3 aromatic rings. The molecule has 0 radical (unpaired) electrons. The van der Waals surface area contributed by atoms with E-state index >= 15 is 0 Å². The molecule has 0 bridgehead atoms. The summed E-state index contributed by atoms with van der Waals surface area (Å²) in [5, 5.41) is 14.3. The maximum absolute atomic E-state index is 12.8. The highest BCUT2D eigenvalue weighted by atomic mass is 16.5. The number of likely N-dealkylation sites (tertiary alicyclic amines) is 1. The van der Waals surface area contributed by atoms with Crippen molar-refractivity contribution in [2.75, 3.05) is 19.7 Å². The molecule has 2 aliphatic rings. The van der Waals surface area contributed by atoms with Crippen molar-refractivity contribution in [2.45, 2.75) is 38.3 Å². The van der Waals surface area contributed by atoms with Crippen LogP contribution in [0.4, 0.5) is 0 Å². The number of nitrogens with zero attached hydrogens (tertiary/aromatic N) is 4. The summed E-state index contributed by atoms with van der Waals surface area (Å²) < 4.78 is 12.5. The first-order valence-corrected chi connectivity index (χ1v) is 10.5. The SMILES string of the molecule is O=C(NCc1ccco1)c1cc(C2CCN(C(=O)c3cc4n(n3)CCCO4)CC2)[nH]n1. The van der Waals surface area contributed by atoms with Gasteiger partial charge in [-0.15, -0.1) is 0 Å². The average Bonchev–Trinajstić information content (AvgIpc) is 3.57. The second-order valence-corrected chi connectivity index (χ2v) is 7.83. The molecule has 0 spiro atoms. The molecule has 2 amide bonds. The monoisotopic (exact) mass is 424 g/mol. The molecule has 1 fully saturated rings. The first kappa shape index (κ1) is 19.4. The predicted octanol–water partition coefficient (Wildman–Crippen LogP) is 1.93. The van der Waals surface area contributed by atoms with Gasteiger partial charge in [-0.1, -0.05) is 0 Å². The van der Waals surface area contributed by atoms with Crippen molar-refractivity contribution in [2.24, 2.45) is 0 Å². The first-order valence-electron chi connectivity index (χ1n) is 10.5. The molecule has 10 heteroatoms. The fourth-order valence-corrected chi connectivity index (χ4v) is 4.06. The second kappa shape index (κ2) is 8.29. The fourth-order valence-electron chi connectivity index (χ4n) is 4.06. The van der Waals surface area contributed by atoms with Gasteiger partial charge < -0.3 is 19.4 Å². The Bertz CT molecular complexity index is 1040. The van der Waals surface area contributed by atoms with Crippen LogP contribution in [0.25, 0.3) is 0 Å². The average molecular weight is 424 g/mol. The van der Waals surface area contributed by atoms with Crippen LogP contribution >= 0.6 is 0 Å². The lowest BCUT2D eigenvalue weighted by molar-refractivity contribution is 0.0705. The molecule has 3 aromatic heterocycles. The van der Waals surface area contributed by atoms with Crippen LogP contribution in [-0.4, -0.2) is 56.4 Å². The van der Waals surface area contributed by atoms with Crippen molar-refractivity contribution in [3.05, 3.63) is 53.4 Å². The number of aromatic nitrogens is 4. The van der Waals surface area contributed by atoms with Gasteiger partial charge in [0.05, 0.1) is 19.4 Å². The molecule has 0 aromatic carbocycles. The highest BCUT2D eigenvalue weighted by molar-refractivity contribution is 5.93. The second-order valence-electron chi connectivity index (χ2n) is 7.83. The normalized spacial score (nSPS) is 16.6. The summed E-state index contributed by atoms with van der Waals surface area (Å²) in [5.74, 6) is 1.26. The number of fused-ring (bicyclic) bond motifs is 1. The number of aryl methyl sites for hydroxylation is 1. The molecule has 1 saturated heterocycles. The minimum atomic E-state index is -0.252. The molecule has 2 N–H and O–H groups in total. The molecule has 0 aliphatic carbocycles. The van der Waals surface area contributed by atoms with Crippen LogP contribution in [-0.2, 0) is 13.1 Å². The number of carbonyl (C=O) groups excluding carboxylic acids is 2. The van der Waals surface area contributed by atoms with Gasteiger partial charge in [0.1, 0.15) is 11.5 Å². The van der Waals surface area contributed by atoms with Crippen LogP contribution in [0.1, 0.15) is 57.6 Å². The van der Waals surface area contributed by atoms with Gasteiger partial charge in [-0.25, -0.2) is 4.68 Å². The van der Waals surface area contributed by atoms with Gasteiger partial charge in [-0.05, 0) is 31.0 Å². The van der Waals surface area contributed by atoms with E-state index < -0.39 is 0 Å². The van der Waals surface area contributed by atoms with Crippen molar-refractivity contribution in [1.29, 1.82) is 0 Å². The van der Waals surface area contributed by atoms with Crippen molar-refractivity contribution >= 4 is 11.8 Å². The van der Waals surface area contributed by atoms with Gasteiger partial charge in [-0.2, -0.15) is 10.2 Å². The number of hydrogen-bond acceptors (Lipinski definition) is 6. The lowest BCUT2D eigenvalue weighted by atomic mass is 9.93. The van der Waals surface area contributed by atoms with E-state index in [1.807, 2.05) is 4.90 Å². The number of rotatable bonds is 5. The van der Waals surface area contributed by atoms with E-state index in [2.05, 4.69) is 20.6 Å². The Morgan fingerprint density at radius 1 is 1.19 bits per heavy atom. The standard InChI is InChI=1S/C21H24N6O4/c28-20(22-13-15-3-1-9-30-15)17-11-16(23-24-17)14-4-7-26(8-5-14)21(29)18-12-19-27(25-18)6-2-10-31-19/h1,3,9,11-12,14H,2,4-8,10,13H2,(H,22,28)(H,23,24). The van der Waals surface area contributed by atoms with E-state index in [9.17, 15) is 9.59 Å². The summed E-state index contributed by atoms with van der Waals surface area (Å²) in [6, 6.07) is 7.10. The molecule has 0 atom stereocenters. The Labute approximate surface area is 178 Å². The number of amides is 2. The Balaban J connectivity index is 1.16.